The van der Waals surface area contributed by atoms with Crippen LogP contribution in [0.15, 0.2) is 34.9 Å². The second-order valence-corrected chi connectivity index (χ2v) is 5.10. The molecule has 0 aliphatic carbocycles. The van der Waals surface area contributed by atoms with Crippen LogP contribution >= 0.6 is 38.9 Å². The fourth-order valence-corrected chi connectivity index (χ4v) is 2.23. The maximum Gasteiger partial charge on any atom is 0.0935 e. The average molecular weight is 275 g/mol. The molecule has 0 saturated carbocycles. The third-order valence-electron chi connectivity index (χ3n) is 1.55. The van der Waals surface area contributed by atoms with Crippen LogP contribution in [0.25, 0.3) is 10.6 Å². The van der Waals surface area contributed by atoms with E-state index in [0.717, 1.165) is 19.4 Å². The Kier molecular flexibility index (Phi) is 2.67. The molecule has 0 bridgehead atoms. The van der Waals surface area contributed by atoms with E-state index >= 15 is 0 Å². The third kappa shape index (κ3) is 2.10. The molecule has 66 valence electrons. The lowest BCUT2D eigenvalue weighted by molar-refractivity contribution is 1.32. The van der Waals surface area contributed by atoms with Gasteiger partial charge in [-0.3, -0.25) is 4.98 Å². The van der Waals surface area contributed by atoms with Gasteiger partial charge in [-0.25, -0.2) is 0 Å². The third-order valence-corrected chi connectivity index (χ3v) is 3.28. The number of pyridine rings is 1. The van der Waals surface area contributed by atoms with Crippen molar-refractivity contribution in [3.05, 3.63) is 39.3 Å². The van der Waals surface area contributed by atoms with E-state index in [4.69, 9.17) is 11.6 Å². The first-order valence-corrected chi connectivity index (χ1v) is 5.62. The normalized spacial score (nSPS) is 10.3. The van der Waals surface area contributed by atoms with Crippen molar-refractivity contribution in [3.8, 4) is 10.6 Å². The Bertz CT molecular complexity index is 410. The molecule has 0 radical (unpaired) electrons. The highest BCUT2D eigenvalue weighted by molar-refractivity contribution is 9.10. The Labute approximate surface area is 93.5 Å². The summed E-state index contributed by atoms with van der Waals surface area (Å²) in [6.45, 7) is 0. The van der Waals surface area contributed by atoms with Crippen molar-refractivity contribution < 1.29 is 0 Å². The van der Waals surface area contributed by atoms with Crippen LogP contribution in [-0.4, -0.2) is 4.98 Å². The molecule has 0 aliphatic rings. The van der Waals surface area contributed by atoms with Crippen molar-refractivity contribution in [2.75, 3.05) is 0 Å². The van der Waals surface area contributed by atoms with Gasteiger partial charge in [0.25, 0.3) is 0 Å². The Hall–Kier alpha value is -0.380. The summed E-state index contributed by atoms with van der Waals surface area (Å²) in [5.41, 5.74) is 0.958. The summed E-state index contributed by atoms with van der Waals surface area (Å²) in [5, 5.41) is 0. The van der Waals surface area contributed by atoms with Crippen LogP contribution in [0.1, 0.15) is 0 Å². The van der Waals surface area contributed by atoms with Gasteiger partial charge in [-0.05, 0) is 40.2 Å². The summed E-state index contributed by atoms with van der Waals surface area (Å²) in [7, 11) is 0. The topological polar surface area (TPSA) is 12.9 Å². The molecule has 0 unspecified atom stereocenters. The first-order valence-electron chi connectivity index (χ1n) is 3.63. The molecule has 2 heterocycles. The first-order chi connectivity index (χ1) is 6.25. The van der Waals surface area contributed by atoms with E-state index in [-0.39, 0.29) is 0 Å². The van der Waals surface area contributed by atoms with Gasteiger partial charge in [0, 0.05) is 10.7 Å². The van der Waals surface area contributed by atoms with E-state index in [2.05, 4.69) is 20.9 Å². The molecule has 0 saturated heterocycles. The van der Waals surface area contributed by atoms with Crippen LogP contribution < -0.4 is 0 Å². The first kappa shape index (κ1) is 9.19. The highest BCUT2D eigenvalue weighted by Crippen LogP contribution is 2.29. The van der Waals surface area contributed by atoms with Crippen LogP contribution in [0.5, 0.6) is 0 Å². The van der Waals surface area contributed by atoms with E-state index in [1.54, 1.807) is 6.20 Å². The second kappa shape index (κ2) is 3.78. The zero-order valence-electron chi connectivity index (χ0n) is 6.50. The van der Waals surface area contributed by atoms with E-state index in [0.29, 0.717) is 0 Å². The fraction of sp³-hybridized carbons (Fsp3) is 0. The zero-order chi connectivity index (χ0) is 9.26. The summed E-state index contributed by atoms with van der Waals surface area (Å²) >= 11 is 10.7. The molecule has 13 heavy (non-hydrogen) atoms. The number of rotatable bonds is 1. The van der Waals surface area contributed by atoms with Crippen LogP contribution in [0, 0.1) is 0 Å². The average Bonchev–Trinajstić information content (AvgIpc) is 2.53. The Morgan fingerprint density at radius 2 is 2.08 bits per heavy atom. The lowest BCUT2D eigenvalue weighted by atomic mass is 10.3. The van der Waals surface area contributed by atoms with Crippen LogP contribution in [0.2, 0.25) is 4.34 Å². The van der Waals surface area contributed by atoms with E-state index in [9.17, 15) is 0 Å². The molecule has 4 heteroatoms. The van der Waals surface area contributed by atoms with Gasteiger partial charge in [0.15, 0.2) is 0 Å². The number of thiophene rings is 1. The molecular formula is C9H5BrClNS. The van der Waals surface area contributed by atoms with Gasteiger partial charge in [0.2, 0.25) is 0 Å². The molecule has 0 aliphatic heterocycles. The molecule has 2 rings (SSSR count). The molecule has 0 amide bonds. The van der Waals surface area contributed by atoms with Crippen LogP contribution in [-0.2, 0) is 0 Å². The smallest absolute Gasteiger partial charge is 0.0935 e. The lowest BCUT2D eigenvalue weighted by Gasteiger charge is -1.94. The highest BCUT2D eigenvalue weighted by Gasteiger charge is 2.01. The highest BCUT2D eigenvalue weighted by atomic mass is 79.9. The monoisotopic (exact) mass is 273 g/mol. The minimum atomic E-state index is 0.791. The summed E-state index contributed by atoms with van der Waals surface area (Å²) in [6.07, 6.45) is 1.78. The van der Waals surface area contributed by atoms with E-state index in [1.807, 2.05) is 24.3 Å². The number of nitrogens with zero attached hydrogens (tertiary/aromatic N) is 1. The Balaban J connectivity index is 2.41. The van der Waals surface area contributed by atoms with Gasteiger partial charge in [0.1, 0.15) is 0 Å². The summed E-state index contributed by atoms with van der Waals surface area (Å²) in [4.78, 5) is 5.36. The Morgan fingerprint density at radius 3 is 2.62 bits per heavy atom. The van der Waals surface area contributed by atoms with Crippen LogP contribution in [0.3, 0.4) is 0 Å². The number of hydrogen-bond donors (Lipinski definition) is 0. The molecule has 0 spiro atoms. The molecule has 0 atom stereocenters. The SMILES string of the molecule is Clc1ccc(-c2ccc(Br)cn2)s1. The second-order valence-electron chi connectivity index (χ2n) is 2.47. The maximum atomic E-state index is 5.82. The van der Waals surface area contributed by atoms with Gasteiger partial charge in [-0.15, -0.1) is 11.3 Å². The predicted molar refractivity (Wildman–Crippen MR) is 60.3 cm³/mol. The standard InChI is InChI=1S/C9H5BrClNS/c10-6-1-2-7(12-5-6)8-3-4-9(11)13-8/h1-5H. The van der Waals surface area contributed by atoms with Crippen molar-refractivity contribution in [1.82, 2.24) is 4.98 Å². The predicted octanol–water partition coefficient (Wildman–Crippen LogP) is 4.23. The maximum absolute atomic E-state index is 5.82. The molecule has 0 aromatic carbocycles. The minimum absolute atomic E-state index is 0.791. The van der Waals surface area contributed by atoms with E-state index in [1.165, 1.54) is 11.3 Å². The number of hydrogen-bond acceptors (Lipinski definition) is 2. The lowest BCUT2D eigenvalue weighted by Crippen LogP contribution is -1.77. The summed E-state index contributed by atoms with van der Waals surface area (Å²) < 4.78 is 1.78. The van der Waals surface area contributed by atoms with Gasteiger partial charge >= 0.3 is 0 Å². The van der Waals surface area contributed by atoms with E-state index < -0.39 is 0 Å². The minimum Gasteiger partial charge on any atom is -0.254 e. The molecular weight excluding hydrogens is 270 g/mol. The molecule has 2 aromatic rings. The van der Waals surface area contributed by atoms with Gasteiger partial charge < -0.3 is 0 Å². The number of halogens is 2. The van der Waals surface area contributed by atoms with Crippen molar-refractivity contribution >= 4 is 38.9 Å². The summed E-state index contributed by atoms with van der Waals surface area (Å²) in [5.74, 6) is 0. The van der Waals surface area contributed by atoms with Gasteiger partial charge in [-0.2, -0.15) is 0 Å². The van der Waals surface area contributed by atoms with Gasteiger partial charge in [0.05, 0.1) is 14.9 Å². The van der Waals surface area contributed by atoms with Crippen molar-refractivity contribution in [2.45, 2.75) is 0 Å². The fourth-order valence-electron chi connectivity index (χ4n) is 0.974. The van der Waals surface area contributed by atoms with Crippen molar-refractivity contribution in [1.29, 1.82) is 0 Å². The zero-order valence-corrected chi connectivity index (χ0v) is 9.66. The summed E-state index contributed by atoms with van der Waals surface area (Å²) in [6, 6.07) is 7.79. The largest absolute Gasteiger partial charge is 0.254 e. The molecule has 0 fully saturated rings. The van der Waals surface area contributed by atoms with Crippen molar-refractivity contribution in [2.24, 2.45) is 0 Å². The van der Waals surface area contributed by atoms with Crippen LogP contribution in [0.4, 0.5) is 0 Å². The Morgan fingerprint density at radius 1 is 1.23 bits per heavy atom. The number of aromatic nitrogens is 1. The molecule has 1 nitrogen and oxygen atoms in total. The van der Waals surface area contributed by atoms with Gasteiger partial charge in [-0.1, -0.05) is 11.6 Å². The molecule has 0 N–H and O–H groups in total. The quantitative estimate of drug-likeness (QED) is 0.758. The molecule has 2 aromatic heterocycles. The van der Waals surface area contributed by atoms with Crippen molar-refractivity contribution in [3.63, 3.8) is 0 Å².